The largest absolute Gasteiger partial charge is 0.272 e. The van der Waals surface area contributed by atoms with Crippen molar-refractivity contribution < 1.29 is 8.78 Å². The van der Waals surface area contributed by atoms with Crippen LogP contribution in [0.1, 0.15) is 37.0 Å². The molecular weight excluding hydrogens is 202 g/mol. The lowest BCUT2D eigenvalue weighted by molar-refractivity contribution is 0.155. The first kappa shape index (κ1) is 11.2. The first-order valence-electron chi connectivity index (χ1n) is 4.29. The predicted octanol–water partition coefficient (Wildman–Crippen LogP) is 4.08. The van der Waals surface area contributed by atoms with Crippen molar-refractivity contribution in [3.8, 4) is 11.8 Å². The molecule has 0 saturated heterocycles. The van der Waals surface area contributed by atoms with Gasteiger partial charge in [0.25, 0.3) is 6.43 Å². The van der Waals surface area contributed by atoms with Gasteiger partial charge in [-0.2, -0.15) is 0 Å². The van der Waals surface area contributed by atoms with Crippen LogP contribution in [0.3, 0.4) is 0 Å². The molecule has 0 aromatic carbocycles. The van der Waals surface area contributed by atoms with Gasteiger partial charge in [0.1, 0.15) is 0 Å². The minimum Gasteiger partial charge on any atom is -0.204 e. The molecule has 0 nitrogen and oxygen atoms in total. The van der Waals surface area contributed by atoms with Gasteiger partial charge in [-0.15, -0.1) is 11.3 Å². The Hall–Kier alpha value is -0.880. The molecule has 76 valence electrons. The molecule has 0 amide bonds. The monoisotopic (exact) mass is 214 g/mol. The summed E-state index contributed by atoms with van der Waals surface area (Å²) in [6.07, 6.45) is -2.38. The summed E-state index contributed by atoms with van der Waals surface area (Å²) in [7, 11) is 0. The maximum Gasteiger partial charge on any atom is 0.272 e. The lowest BCUT2D eigenvalue weighted by atomic mass is 9.98. The lowest BCUT2D eigenvalue weighted by Crippen LogP contribution is -1.98. The van der Waals surface area contributed by atoms with E-state index in [2.05, 4.69) is 11.8 Å². The summed E-state index contributed by atoms with van der Waals surface area (Å²) in [5, 5.41) is 0. The number of hydrogen-bond acceptors (Lipinski definition) is 1. The molecule has 0 radical (unpaired) electrons. The molecule has 0 atom stereocenters. The third-order valence-corrected chi connectivity index (χ3v) is 2.41. The van der Waals surface area contributed by atoms with Crippen LogP contribution in [0.25, 0.3) is 0 Å². The van der Waals surface area contributed by atoms with Crippen LogP contribution in [0.4, 0.5) is 8.78 Å². The first-order valence-corrected chi connectivity index (χ1v) is 5.11. The number of halogens is 2. The van der Waals surface area contributed by atoms with Crippen LogP contribution in [0.15, 0.2) is 12.1 Å². The van der Waals surface area contributed by atoms with Crippen molar-refractivity contribution in [3.63, 3.8) is 0 Å². The normalized spacial score (nSPS) is 11.3. The third kappa shape index (κ3) is 3.47. The zero-order chi connectivity index (χ0) is 10.8. The average Bonchev–Trinajstić information content (AvgIpc) is 2.47. The minimum absolute atomic E-state index is 0.0863. The number of rotatable bonds is 1. The Balaban J connectivity index is 2.82. The molecule has 0 aliphatic heterocycles. The molecule has 0 spiro atoms. The second-order valence-electron chi connectivity index (χ2n) is 4.00. The average molecular weight is 214 g/mol. The van der Waals surface area contributed by atoms with Gasteiger partial charge in [-0.3, -0.25) is 0 Å². The van der Waals surface area contributed by atoms with Gasteiger partial charge in [-0.25, -0.2) is 8.78 Å². The van der Waals surface area contributed by atoms with E-state index in [1.807, 2.05) is 20.8 Å². The smallest absolute Gasteiger partial charge is 0.204 e. The minimum atomic E-state index is -2.38. The van der Waals surface area contributed by atoms with Gasteiger partial charge in [-0.05, 0) is 32.9 Å². The van der Waals surface area contributed by atoms with E-state index in [0.717, 1.165) is 11.3 Å². The van der Waals surface area contributed by atoms with Crippen molar-refractivity contribution in [3.05, 3.63) is 21.9 Å². The van der Waals surface area contributed by atoms with E-state index in [9.17, 15) is 8.78 Å². The molecule has 3 heteroatoms. The van der Waals surface area contributed by atoms with Crippen LogP contribution in [0.5, 0.6) is 0 Å². The Kier molecular flexibility index (Phi) is 3.28. The van der Waals surface area contributed by atoms with Gasteiger partial charge in [0.05, 0.1) is 9.75 Å². The van der Waals surface area contributed by atoms with Gasteiger partial charge in [-0.1, -0.05) is 11.8 Å². The molecular formula is C11H12F2S. The lowest BCUT2D eigenvalue weighted by Gasteiger charge is -2.06. The van der Waals surface area contributed by atoms with Gasteiger partial charge >= 0.3 is 0 Å². The molecule has 1 aromatic heterocycles. The molecule has 0 unspecified atom stereocenters. The van der Waals surface area contributed by atoms with Crippen molar-refractivity contribution in [2.45, 2.75) is 27.2 Å². The van der Waals surface area contributed by atoms with E-state index in [-0.39, 0.29) is 10.3 Å². The van der Waals surface area contributed by atoms with E-state index in [4.69, 9.17) is 0 Å². The van der Waals surface area contributed by atoms with Crippen LogP contribution in [-0.2, 0) is 0 Å². The topological polar surface area (TPSA) is 0 Å². The van der Waals surface area contributed by atoms with Crippen LogP contribution in [0.2, 0.25) is 0 Å². The highest BCUT2D eigenvalue weighted by molar-refractivity contribution is 7.12. The Morgan fingerprint density at radius 1 is 1.29 bits per heavy atom. The standard InChI is InChI=1S/C11H12F2S/c1-11(2,3)7-6-8-4-5-9(14-8)10(12)13/h4-5,10H,1-3H3. The van der Waals surface area contributed by atoms with Crippen LogP contribution in [0, 0.1) is 17.3 Å². The molecule has 14 heavy (non-hydrogen) atoms. The maximum atomic E-state index is 12.2. The molecule has 0 aliphatic rings. The first-order chi connectivity index (χ1) is 6.38. The van der Waals surface area contributed by atoms with E-state index >= 15 is 0 Å². The van der Waals surface area contributed by atoms with Gasteiger partial charge < -0.3 is 0 Å². The van der Waals surface area contributed by atoms with E-state index in [1.54, 1.807) is 6.07 Å². The van der Waals surface area contributed by atoms with Crippen molar-refractivity contribution in [1.82, 2.24) is 0 Å². The van der Waals surface area contributed by atoms with E-state index in [0.29, 0.717) is 4.88 Å². The fraction of sp³-hybridized carbons (Fsp3) is 0.455. The Bertz CT molecular complexity index is 361. The Morgan fingerprint density at radius 3 is 2.36 bits per heavy atom. The summed E-state index contributed by atoms with van der Waals surface area (Å²) >= 11 is 1.06. The van der Waals surface area contributed by atoms with Gasteiger partial charge in [0.2, 0.25) is 0 Å². The van der Waals surface area contributed by atoms with Gasteiger partial charge in [0.15, 0.2) is 0 Å². The van der Waals surface area contributed by atoms with Crippen LogP contribution >= 0.6 is 11.3 Å². The zero-order valence-electron chi connectivity index (χ0n) is 8.40. The second-order valence-corrected chi connectivity index (χ2v) is 5.12. The quantitative estimate of drug-likeness (QED) is 0.618. The fourth-order valence-electron chi connectivity index (χ4n) is 0.786. The molecule has 0 N–H and O–H groups in total. The fourth-order valence-corrected chi connectivity index (χ4v) is 1.50. The highest BCUT2D eigenvalue weighted by atomic mass is 32.1. The van der Waals surface area contributed by atoms with Gasteiger partial charge in [0, 0.05) is 5.41 Å². The van der Waals surface area contributed by atoms with Crippen molar-refractivity contribution in [2.24, 2.45) is 5.41 Å². The molecule has 0 saturated carbocycles. The second kappa shape index (κ2) is 4.10. The molecule has 0 bridgehead atoms. The van der Waals surface area contributed by atoms with E-state index in [1.165, 1.54) is 6.07 Å². The van der Waals surface area contributed by atoms with Crippen molar-refractivity contribution >= 4 is 11.3 Å². The zero-order valence-corrected chi connectivity index (χ0v) is 9.21. The Morgan fingerprint density at radius 2 is 1.93 bits per heavy atom. The molecule has 0 aliphatic carbocycles. The number of hydrogen-bond donors (Lipinski definition) is 0. The molecule has 1 heterocycles. The SMILES string of the molecule is CC(C)(C)C#Cc1ccc(C(F)F)s1. The summed E-state index contributed by atoms with van der Waals surface area (Å²) in [4.78, 5) is 0.790. The molecule has 1 rings (SSSR count). The van der Waals surface area contributed by atoms with Crippen LogP contribution in [-0.4, -0.2) is 0 Å². The molecule has 1 aromatic rings. The van der Waals surface area contributed by atoms with Crippen LogP contribution < -0.4 is 0 Å². The summed E-state index contributed by atoms with van der Waals surface area (Å²) in [5.41, 5.74) is -0.0883. The highest BCUT2D eigenvalue weighted by Gasteiger charge is 2.09. The summed E-state index contributed by atoms with van der Waals surface area (Å²) in [6.45, 7) is 5.96. The van der Waals surface area contributed by atoms with E-state index < -0.39 is 6.43 Å². The van der Waals surface area contributed by atoms with Crippen molar-refractivity contribution in [1.29, 1.82) is 0 Å². The summed E-state index contributed by atoms with van der Waals surface area (Å²) < 4.78 is 24.4. The predicted molar refractivity (Wildman–Crippen MR) is 55.6 cm³/mol. The number of alkyl halides is 2. The summed E-state index contributed by atoms with van der Waals surface area (Å²) in [6, 6.07) is 3.08. The highest BCUT2D eigenvalue weighted by Crippen LogP contribution is 2.26. The summed E-state index contributed by atoms with van der Waals surface area (Å²) in [5.74, 6) is 5.90. The Labute approximate surface area is 87.0 Å². The third-order valence-electron chi connectivity index (χ3n) is 1.40. The maximum absolute atomic E-state index is 12.2. The van der Waals surface area contributed by atoms with Crippen molar-refractivity contribution in [2.75, 3.05) is 0 Å². The number of thiophene rings is 1. The molecule has 0 fully saturated rings.